The molecule has 2 rings (SSSR count). The zero-order chi connectivity index (χ0) is 13.1. The summed E-state index contributed by atoms with van der Waals surface area (Å²) in [6.45, 7) is 3.97. The van der Waals surface area contributed by atoms with Crippen LogP contribution in [0.5, 0.6) is 11.5 Å². The lowest BCUT2D eigenvalue weighted by Gasteiger charge is -2.11. The Balaban J connectivity index is 2.40. The lowest BCUT2D eigenvalue weighted by Crippen LogP contribution is -2.14. The van der Waals surface area contributed by atoms with E-state index in [9.17, 15) is 0 Å². The van der Waals surface area contributed by atoms with Gasteiger partial charge in [-0.2, -0.15) is 0 Å². The molecule has 1 aromatic carbocycles. The van der Waals surface area contributed by atoms with Crippen LogP contribution in [0.25, 0.3) is 0 Å². The zero-order valence-corrected chi connectivity index (χ0v) is 10.4. The van der Waals surface area contributed by atoms with Crippen molar-refractivity contribution >= 4 is 5.84 Å². The summed E-state index contributed by atoms with van der Waals surface area (Å²) in [5, 5.41) is 7.47. The Morgan fingerprint density at radius 3 is 2.72 bits per heavy atom. The Bertz CT molecular complexity index is 593. The molecule has 0 fully saturated rings. The highest BCUT2D eigenvalue weighted by atomic mass is 16.5. The molecule has 2 aromatic rings. The summed E-state index contributed by atoms with van der Waals surface area (Å²) in [6.07, 6.45) is 1.59. The van der Waals surface area contributed by atoms with E-state index in [0.29, 0.717) is 11.4 Å². The zero-order valence-electron chi connectivity index (χ0n) is 10.4. The number of aryl methyl sites for hydroxylation is 2. The van der Waals surface area contributed by atoms with Crippen molar-refractivity contribution in [1.82, 2.24) is 4.98 Å². The molecular formula is C14H15N3O. The molecule has 3 N–H and O–H groups in total. The number of hydrogen-bond acceptors (Lipinski definition) is 3. The average Bonchev–Trinajstić information content (AvgIpc) is 2.34. The largest absolute Gasteiger partial charge is 0.455 e. The first-order valence-electron chi connectivity index (χ1n) is 5.62. The van der Waals surface area contributed by atoms with E-state index < -0.39 is 0 Å². The van der Waals surface area contributed by atoms with Crippen molar-refractivity contribution in [3.63, 3.8) is 0 Å². The van der Waals surface area contributed by atoms with E-state index in [-0.39, 0.29) is 5.84 Å². The normalized spacial score (nSPS) is 10.1. The van der Waals surface area contributed by atoms with Crippen molar-refractivity contribution in [1.29, 1.82) is 5.41 Å². The molecule has 4 nitrogen and oxygen atoms in total. The maximum absolute atomic E-state index is 7.47. The number of nitrogens with one attached hydrogen (secondary N) is 1. The molecule has 0 bridgehead atoms. The van der Waals surface area contributed by atoms with Crippen LogP contribution in [-0.4, -0.2) is 10.8 Å². The third-order valence-corrected chi connectivity index (χ3v) is 2.59. The summed E-state index contributed by atoms with van der Waals surface area (Å²) in [5.74, 6) is 1.15. The quantitative estimate of drug-likeness (QED) is 0.641. The summed E-state index contributed by atoms with van der Waals surface area (Å²) >= 11 is 0. The van der Waals surface area contributed by atoms with Crippen molar-refractivity contribution in [2.24, 2.45) is 5.73 Å². The number of nitrogens with zero attached hydrogens (tertiary/aromatic N) is 1. The number of amidine groups is 1. The van der Waals surface area contributed by atoms with Gasteiger partial charge >= 0.3 is 0 Å². The van der Waals surface area contributed by atoms with Crippen LogP contribution < -0.4 is 10.5 Å². The number of pyridine rings is 1. The lowest BCUT2D eigenvalue weighted by atomic mass is 10.1. The van der Waals surface area contributed by atoms with Gasteiger partial charge < -0.3 is 10.5 Å². The van der Waals surface area contributed by atoms with Crippen LogP contribution >= 0.6 is 0 Å². The van der Waals surface area contributed by atoms with Gasteiger partial charge in [-0.1, -0.05) is 12.1 Å². The molecule has 0 spiro atoms. The van der Waals surface area contributed by atoms with Gasteiger partial charge in [-0.15, -0.1) is 0 Å². The van der Waals surface area contributed by atoms with Crippen LogP contribution in [0.4, 0.5) is 0 Å². The molecule has 4 heteroatoms. The van der Waals surface area contributed by atoms with E-state index in [2.05, 4.69) is 4.98 Å². The van der Waals surface area contributed by atoms with E-state index in [0.717, 1.165) is 16.9 Å². The highest BCUT2D eigenvalue weighted by Gasteiger charge is 2.09. The van der Waals surface area contributed by atoms with Crippen LogP contribution in [0, 0.1) is 19.3 Å². The van der Waals surface area contributed by atoms with Crippen molar-refractivity contribution in [2.45, 2.75) is 13.8 Å². The molecule has 0 radical (unpaired) electrons. The Hall–Kier alpha value is -2.36. The molecule has 0 saturated heterocycles. The van der Waals surface area contributed by atoms with E-state index in [1.807, 2.05) is 32.0 Å². The molecule has 0 atom stereocenters. The van der Waals surface area contributed by atoms with Crippen LogP contribution in [0.3, 0.4) is 0 Å². The first-order valence-corrected chi connectivity index (χ1v) is 5.62. The van der Waals surface area contributed by atoms with Gasteiger partial charge in [-0.3, -0.25) is 5.41 Å². The highest BCUT2D eigenvalue weighted by molar-refractivity contribution is 5.95. The van der Waals surface area contributed by atoms with Crippen LogP contribution in [-0.2, 0) is 0 Å². The molecule has 0 aliphatic carbocycles. The first kappa shape index (κ1) is 12.1. The Labute approximate surface area is 106 Å². The van der Waals surface area contributed by atoms with Gasteiger partial charge in [0.15, 0.2) is 5.75 Å². The van der Waals surface area contributed by atoms with Crippen molar-refractivity contribution in [2.75, 3.05) is 0 Å². The number of rotatable bonds is 3. The van der Waals surface area contributed by atoms with Gasteiger partial charge in [-0.05, 0) is 43.2 Å². The second-order valence-corrected chi connectivity index (χ2v) is 4.13. The van der Waals surface area contributed by atoms with Gasteiger partial charge in [0.25, 0.3) is 0 Å². The topological polar surface area (TPSA) is 72.0 Å². The number of aromatic nitrogens is 1. The molecule has 0 unspecified atom stereocenters. The Morgan fingerprint density at radius 1 is 1.22 bits per heavy atom. The molecule has 18 heavy (non-hydrogen) atoms. The van der Waals surface area contributed by atoms with E-state index in [1.165, 1.54) is 0 Å². The van der Waals surface area contributed by atoms with Crippen LogP contribution in [0.2, 0.25) is 0 Å². The minimum absolute atomic E-state index is 0.101. The summed E-state index contributed by atoms with van der Waals surface area (Å²) in [7, 11) is 0. The minimum atomic E-state index is -0.101. The summed E-state index contributed by atoms with van der Waals surface area (Å²) in [6, 6.07) is 9.48. The molecular weight excluding hydrogens is 226 g/mol. The van der Waals surface area contributed by atoms with Crippen molar-refractivity contribution < 1.29 is 4.74 Å². The molecule has 0 aliphatic heterocycles. The highest BCUT2D eigenvalue weighted by Crippen LogP contribution is 2.27. The standard InChI is InChI=1S/C14H15N3O/c1-9-5-6-10(2)12(8-9)18-11-4-3-7-17-13(11)14(15)16/h3-8H,1-2H3,(H3,15,16). The second-order valence-electron chi connectivity index (χ2n) is 4.13. The molecule has 92 valence electrons. The molecule has 1 heterocycles. The fraction of sp³-hybridized carbons (Fsp3) is 0.143. The summed E-state index contributed by atoms with van der Waals surface area (Å²) < 4.78 is 5.80. The van der Waals surface area contributed by atoms with Gasteiger partial charge in [0, 0.05) is 6.20 Å². The van der Waals surface area contributed by atoms with Gasteiger partial charge in [-0.25, -0.2) is 4.98 Å². The fourth-order valence-electron chi connectivity index (χ4n) is 1.61. The third-order valence-electron chi connectivity index (χ3n) is 2.59. The first-order chi connectivity index (χ1) is 8.58. The molecule has 1 aromatic heterocycles. The fourth-order valence-corrected chi connectivity index (χ4v) is 1.61. The van der Waals surface area contributed by atoms with E-state index in [4.69, 9.17) is 15.9 Å². The number of nitrogen functional groups attached to an aromatic ring is 1. The van der Waals surface area contributed by atoms with Crippen LogP contribution in [0.1, 0.15) is 16.8 Å². The van der Waals surface area contributed by atoms with E-state index in [1.54, 1.807) is 18.3 Å². The van der Waals surface area contributed by atoms with Crippen molar-refractivity contribution in [3.05, 3.63) is 53.3 Å². The lowest BCUT2D eigenvalue weighted by molar-refractivity contribution is 0.475. The summed E-state index contributed by atoms with van der Waals surface area (Å²) in [5.41, 5.74) is 7.98. The molecule has 0 aliphatic rings. The minimum Gasteiger partial charge on any atom is -0.455 e. The molecule has 0 saturated carbocycles. The van der Waals surface area contributed by atoms with Gasteiger partial charge in [0.2, 0.25) is 0 Å². The van der Waals surface area contributed by atoms with E-state index >= 15 is 0 Å². The summed E-state index contributed by atoms with van der Waals surface area (Å²) in [4.78, 5) is 4.05. The number of benzene rings is 1. The second kappa shape index (κ2) is 4.87. The number of nitrogens with two attached hydrogens (primary N) is 1. The Morgan fingerprint density at radius 2 is 2.00 bits per heavy atom. The average molecular weight is 241 g/mol. The Kier molecular flexibility index (Phi) is 3.28. The third kappa shape index (κ3) is 2.48. The van der Waals surface area contributed by atoms with Crippen molar-refractivity contribution in [3.8, 4) is 11.5 Å². The monoisotopic (exact) mass is 241 g/mol. The maximum atomic E-state index is 7.47. The molecule has 0 amide bonds. The van der Waals surface area contributed by atoms with Gasteiger partial charge in [0.1, 0.15) is 17.3 Å². The number of ether oxygens (including phenoxy) is 1. The van der Waals surface area contributed by atoms with Crippen LogP contribution in [0.15, 0.2) is 36.5 Å². The predicted molar refractivity (Wildman–Crippen MR) is 71.2 cm³/mol. The van der Waals surface area contributed by atoms with Gasteiger partial charge in [0.05, 0.1) is 0 Å². The smallest absolute Gasteiger partial charge is 0.156 e. The number of hydrogen-bond donors (Lipinski definition) is 2. The predicted octanol–water partition coefficient (Wildman–Crippen LogP) is 2.77. The maximum Gasteiger partial charge on any atom is 0.156 e. The SMILES string of the molecule is Cc1ccc(C)c(Oc2cccnc2C(=N)N)c1.